The molecule has 74 valence electrons. The highest BCUT2D eigenvalue weighted by Crippen LogP contribution is 2.24. The highest BCUT2D eigenvalue weighted by molar-refractivity contribution is 5.77. The van der Waals surface area contributed by atoms with Crippen molar-refractivity contribution >= 4 is 12.3 Å². The number of carbonyl (C=O) groups is 2. The van der Waals surface area contributed by atoms with Crippen LogP contribution in [0.1, 0.15) is 13.3 Å². The van der Waals surface area contributed by atoms with Crippen molar-refractivity contribution < 1.29 is 23.8 Å². The summed E-state index contributed by atoms with van der Waals surface area (Å²) in [7, 11) is 0. The first-order valence-corrected chi connectivity index (χ1v) is 4.17. The van der Waals surface area contributed by atoms with Crippen LogP contribution in [0.2, 0.25) is 0 Å². The summed E-state index contributed by atoms with van der Waals surface area (Å²) in [4.78, 5) is 20.9. The number of epoxide rings is 1. The number of rotatable bonds is 6. The largest absolute Gasteiger partial charge is 0.464 e. The van der Waals surface area contributed by atoms with Crippen molar-refractivity contribution in [1.82, 2.24) is 0 Å². The SMILES string of the molecule is CCOC(=O)C1OC1OCCC=O. The Bertz CT molecular complexity index is 191. The summed E-state index contributed by atoms with van der Waals surface area (Å²) >= 11 is 0. The van der Waals surface area contributed by atoms with Gasteiger partial charge in [-0.15, -0.1) is 0 Å². The lowest BCUT2D eigenvalue weighted by Gasteiger charge is -1.97. The Balaban J connectivity index is 2.07. The molecular formula is C8H12O5. The van der Waals surface area contributed by atoms with Crippen LogP contribution < -0.4 is 0 Å². The quantitative estimate of drug-likeness (QED) is 0.251. The van der Waals surface area contributed by atoms with Crippen LogP contribution in [0.25, 0.3) is 0 Å². The fourth-order valence-electron chi connectivity index (χ4n) is 0.849. The lowest BCUT2D eigenvalue weighted by molar-refractivity contribution is -0.144. The van der Waals surface area contributed by atoms with Gasteiger partial charge in [0.15, 0.2) is 6.29 Å². The predicted molar refractivity (Wildman–Crippen MR) is 41.9 cm³/mol. The lowest BCUT2D eigenvalue weighted by Crippen LogP contribution is -2.15. The van der Waals surface area contributed by atoms with Gasteiger partial charge in [-0.1, -0.05) is 0 Å². The van der Waals surface area contributed by atoms with E-state index in [0.717, 1.165) is 6.29 Å². The van der Waals surface area contributed by atoms with Crippen LogP contribution in [0.4, 0.5) is 0 Å². The zero-order valence-corrected chi connectivity index (χ0v) is 7.39. The standard InChI is InChI=1S/C8H12O5/c1-2-11-7(10)6-8(13-6)12-5-3-4-9/h4,6,8H,2-3,5H2,1H3. The minimum absolute atomic E-state index is 0.282. The molecule has 0 spiro atoms. The van der Waals surface area contributed by atoms with Crippen LogP contribution >= 0.6 is 0 Å². The highest BCUT2D eigenvalue weighted by Gasteiger charge is 2.47. The molecule has 5 nitrogen and oxygen atoms in total. The average molecular weight is 188 g/mol. The molecule has 1 saturated heterocycles. The van der Waals surface area contributed by atoms with Crippen molar-refractivity contribution in [3.8, 4) is 0 Å². The van der Waals surface area contributed by atoms with Gasteiger partial charge in [-0.3, -0.25) is 0 Å². The topological polar surface area (TPSA) is 65.1 Å². The van der Waals surface area contributed by atoms with E-state index in [4.69, 9.17) is 9.47 Å². The van der Waals surface area contributed by atoms with Gasteiger partial charge in [-0.05, 0) is 6.92 Å². The van der Waals surface area contributed by atoms with Gasteiger partial charge in [0.1, 0.15) is 6.29 Å². The Labute approximate surface area is 76.0 Å². The number of esters is 1. The summed E-state index contributed by atoms with van der Waals surface area (Å²) in [6, 6.07) is 0. The van der Waals surface area contributed by atoms with Crippen molar-refractivity contribution in [2.45, 2.75) is 25.7 Å². The van der Waals surface area contributed by atoms with Crippen LogP contribution in [0.5, 0.6) is 0 Å². The first-order chi connectivity index (χ1) is 6.29. The van der Waals surface area contributed by atoms with Crippen molar-refractivity contribution in [2.24, 2.45) is 0 Å². The molecule has 0 aromatic heterocycles. The molecule has 0 bridgehead atoms. The summed E-state index contributed by atoms with van der Waals surface area (Å²) < 4.78 is 14.6. The smallest absolute Gasteiger partial charge is 0.340 e. The van der Waals surface area contributed by atoms with Crippen molar-refractivity contribution in [2.75, 3.05) is 13.2 Å². The fourth-order valence-corrected chi connectivity index (χ4v) is 0.849. The van der Waals surface area contributed by atoms with E-state index in [0.29, 0.717) is 13.0 Å². The third-order valence-corrected chi connectivity index (χ3v) is 1.49. The molecular weight excluding hydrogens is 176 g/mol. The summed E-state index contributed by atoms with van der Waals surface area (Å²) in [5, 5.41) is 0. The van der Waals surface area contributed by atoms with Gasteiger partial charge < -0.3 is 19.0 Å². The van der Waals surface area contributed by atoms with Gasteiger partial charge >= 0.3 is 5.97 Å². The van der Waals surface area contributed by atoms with Gasteiger partial charge in [-0.2, -0.15) is 0 Å². The van der Waals surface area contributed by atoms with E-state index in [2.05, 4.69) is 4.74 Å². The molecule has 1 aliphatic heterocycles. The van der Waals surface area contributed by atoms with Gasteiger partial charge in [0.25, 0.3) is 0 Å². The Hall–Kier alpha value is -0.940. The molecule has 0 aromatic rings. The maximum atomic E-state index is 11.0. The third kappa shape index (κ3) is 3.12. The first-order valence-electron chi connectivity index (χ1n) is 4.17. The number of hydrogen-bond acceptors (Lipinski definition) is 5. The molecule has 0 amide bonds. The molecule has 2 unspecified atom stereocenters. The lowest BCUT2D eigenvalue weighted by atomic mass is 10.4. The zero-order chi connectivity index (χ0) is 9.68. The molecule has 0 aliphatic carbocycles. The molecule has 0 aromatic carbocycles. The monoisotopic (exact) mass is 188 g/mol. The van der Waals surface area contributed by atoms with Crippen molar-refractivity contribution in [3.05, 3.63) is 0 Å². The van der Waals surface area contributed by atoms with Crippen LogP contribution in [-0.2, 0) is 23.8 Å². The first kappa shape index (κ1) is 10.1. The van der Waals surface area contributed by atoms with Crippen LogP contribution in [0.15, 0.2) is 0 Å². The van der Waals surface area contributed by atoms with Crippen LogP contribution in [0, 0.1) is 0 Å². The van der Waals surface area contributed by atoms with Crippen LogP contribution in [0.3, 0.4) is 0 Å². The van der Waals surface area contributed by atoms with Gasteiger partial charge in [0.2, 0.25) is 6.10 Å². The third-order valence-electron chi connectivity index (χ3n) is 1.49. The van der Waals surface area contributed by atoms with E-state index in [1.165, 1.54) is 0 Å². The van der Waals surface area contributed by atoms with Gasteiger partial charge in [0, 0.05) is 6.42 Å². The molecule has 5 heteroatoms. The van der Waals surface area contributed by atoms with Crippen LogP contribution in [-0.4, -0.2) is 37.9 Å². The molecule has 13 heavy (non-hydrogen) atoms. The number of carbonyl (C=O) groups excluding carboxylic acids is 2. The zero-order valence-electron chi connectivity index (χ0n) is 7.39. The maximum Gasteiger partial charge on any atom is 0.340 e. The van der Waals surface area contributed by atoms with Gasteiger partial charge in [0.05, 0.1) is 13.2 Å². The Morgan fingerprint density at radius 1 is 1.62 bits per heavy atom. The molecule has 2 atom stereocenters. The number of aldehydes is 1. The number of hydrogen-bond donors (Lipinski definition) is 0. The highest BCUT2D eigenvalue weighted by atomic mass is 16.8. The van der Waals surface area contributed by atoms with Crippen molar-refractivity contribution in [1.29, 1.82) is 0 Å². The minimum atomic E-state index is -0.591. The molecule has 1 heterocycles. The van der Waals surface area contributed by atoms with E-state index in [1.807, 2.05) is 0 Å². The number of ether oxygens (including phenoxy) is 3. The molecule has 1 rings (SSSR count). The fraction of sp³-hybridized carbons (Fsp3) is 0.750. The normalized spacial score (nSPS) is 25.3. The van der Waals surface area contributed by atoms with E-state index >= 15 is 0 Å². The van der Waals surface area contributed by atoms with E-state index < -0.39 is 18.4 Å². The Morgan fingerprint density at radius 3 is 3.00 bits per heavy atom. The molecule has 1 fully saturated rings. The van der Waals surface area contributed by atoms with Gasteiger partial charge in [-0.25, -0.2) is 4.79 Å². The predicted octanol–water partition coefficient (Wildman–Crippen LogP) is -0.120. The minimum Gasteiger partial charge on any atom is -0.464 e. The second kappa shape index (κ2) is 4.94. The summed E-state index contributed by atoms with van der Waals surface area (Å²) in [5.41, 5.74) is 0. The summed E-state index contributed by atoms with van der Waals surface area (Å²) in [6.07, 6.45) is -0.0393. The molecule has 0 N–H and O–H groups in total. The molecule has 0 saturated carbocycles. The second-order valence-electron chi connectivity index (χ2n) is 2.50. The van der Waals surface area contributed by atoms with E-state index in [-0.39, 0.29) is 6.61 Å². The maximum absolute atomic E-state index is 11.0. The molecule has 0 radical (unpaired) electrons. The van der Waals surface area contributed by atoms with E-state index in [1.54, 1.807) is 6.92 Å². The van der Waals surface area contributed by atoms with Crippen molar-refractivity contribution in [3.63, 3.8) is 0 Å². The van der Waals surface area contributed by atoms with E-state index in [9.17, 15) is 9.59 Å². The average Bonchev–Trinajstić information content (AvgIpc) is 2.85. The second-order valence-corrected chi connectivity index (χ2v) is 2.50. The summed E-state index contributed by atoms with van der Waals surface area (Å²) in [6.45, 7) is 2.34. The summed E-state index contributed by atoms with van der Waals surface area (Å²) in [5.74, 6) is -0.404. The molecule has 1 aliphatic rings. The Kier molecular flexibility index (Phi) is 3.85. The Morgan fingerprint density at radius 2 is 2.38 bits per heavy atom.